The normalized spacial score (nSPS) is 10.8. The highest BCUT2D eigenvalue weighted by atomic mass is 16.5. The smallest absolute Gasteiger partial charge is 0.319 e. The van der Waals surface area contributed by atoms with E-state index in [2.05, 4.69) is 10.6 Å². The molecule has 0 saturated heterocycles. The Hall–Kier alpha value is -1.91. The van der Waals surface area contributed by atoms with Gasteiger partial charge in [-0.25, -0.2) is 4.79 Å². The van der Waals surface area contributed by atoms with Crippen LogP contribution in [0, 0.1) is 0 Å². The quantitative estimate of drug-likeness (QED) is 0.690. The van der Waals surface area contributed by atoms with Gasteiger partial charge in [-0.05, 0) is 39.0 Å². The zero-order chi connectivity index (χ0) is 13.1. The number of hydrogen-bond donors (Lipinski definition) is 3. The Balaban J connectivity index is 2.80. The zero-order valence-electron chi connectivity index (χ0n) is 10.6. The number of nitrogen functional groups attached to an aromatic ring is 1. The van der Waals surface area contributed by atoms with Crippen molar-refractivity contribution in [1.29, 1.82) is 0 Å². The standard InChI is InChI=1S/C12H19N3O2/c1-12(2,3)15-11(16)14-9-7-8(13)5-6-10(9)17-4/h5-7H,13H2,1-4H3,(H2,14,15,16). The fourth-order valence-electron chi connectivity index (χ4n) is 1.32. The molecule has 94 valence electrons. The van der Waals surface area contributed by atoms with E-state index in [-0.39, 0.29) is 11.6 Å². The number of nitrogens with one attached hydrogen (secondary N) is 2. The van der Waals surface area contributed by atoms with Crippen molar-refractivity contribution in [2.24, 2.45) is 0 Å². The predicted octanol–water partition coefficient (Wildman–Crippen LogP) is 2.20. The molecule has 1 aromatic rings. The lowest BCUT2D eigenvalue weighted by Gasteiger charge is -2.21. The van der Waals surface area contributed by atoms with Crippen molar-refractivity contribution in [3.8, 4) is 5.75 Å². The van der Waals surface area contributed by atoms with Gasteiger partial charge in [-0.2, -0.15) is 0 Å². The van der Waals surface area contributed by atoms with Gasteiger partial charge in [0.25, 0.3) is 0 Å². The van der Waals surface area contributed by atoms with Crippen LogP contribution < -0.4 is 21.1 Å². The van der Waals surface area contributed by atoms with Gasteiger partial charge < -0.3 is 21.1 Å². The van der Waals surface area contributed by atoms with Gasteiger partial charge in [0.15, 0.2) is 0 Å². The highest BCUT2D eigenvalue weighted by Crippen LogP contribution is 2.26. The molecule has 1 aromatic carbocycles. The van der Waals surface area contributed by atoms with Crippen molar-refractivity contribution in [2.75, 3.05) is 18.2 Å². The second-order valence-electron chi connectivity index (χ2n) is 4.79. The third-order valence-corrected chi connectivity index (χ3v) is 1.96. The first-order valence-corrected chi connectivity index (χ1v) is 5.34. The molecule has 0 bridgehead atoms. The number of amides is 2. The van der Waals surface area contributed by atoms with E-state index in [1.165, 1.54) is 0 Å². The first-order chi connectivity index (χ1) is 7.81. The van der Waals surface area contributed by atoms with E-state index >= 15 is 0 Å². The van der Waals surface area contributed by atoms with Gasteiger partial charge in [0.1, 0.15) is 5.75 Å². The summed E-state index contributed by atoms with van der Waals surface area (Å²) >= 11 is 0. The number of benzene rings is 1. The molecule has 4 N–H and O–H groups in total. The summed E-state index contributed by atoms with van der Waals surface area (Å²) in [4.78, 5) is 11.7. The number of carbonyl (C=O) groups is 1. The number of carbonyl (C=O) groups excluding carboxylic acids is 1. The number of nitrogens with two attached hydrogens (primary N) is 1. The summed E-state index contributed by atoms with van der Waals surface area (Å²) in [5.41, 5.74) is 6.48. The molecule has 0 spiro atoms. The Kier molecular flexibility index (Phi) is 3.83. The van der Waals surface area contributed by atoms with E-state index in [1.807, 2.05) is 20.8 Å². The molecule has 0 saturated carbocycles. The molecule has 5 heteroatoms. The number of methoxy groups -OCH3 is 1. The van der Waals surface area contributed by atoms with Crippen LogP contribution in [0.5, 0.6) is 5.75 Å². The largest absolute Gasteiger partial charge is 0.495 e. The van der Waals surface area contributed by atoms with E-state index < -0.39 is 0 Å². The number of hydrogen-bond acceptors (Lipinski definition) is 3. The van der Waals surface area contributed by atoms with Crippen molar-refractivity contribution in [1.82, 2.24) is 5.32 Å². The van der Waals surface area contributed by atoms with Crippen molar-refractivity contribution < 1.29 is 9.53 Å². The molecular weight excluding hydrogens is 218 g/mol. The second kappa shape index (κ2) is 4.95. The Morgan fingerprint density at radius 2 is 2.00 bits per heavy atom. The maximum atomic E-state index is 11.7. The fraction of sp³-hybridized carbons (Fsp3) is 0.417. The van der Waals surface area contributed by atoms with E-state index in [0.717, 1.165) is 0 Å². The van der Waals surface area contributed by atoms with Gasteiger partial charge in [0, 0.05) is 11.2 Å². The molecule has 0 fully saturated rings. The topological polar surface area (TPSA) is 76.4 Å². The zero-order valence-corrected chi connectivity index (χ0v) is 10.6. The van der Waals surface area contributed by atoms with E-state index in [1.54, 1.807) is 25.3 Å². The number of rotatable bonds is 2. The minimum atomic E-state index is -0.294. The second-order valence-corrected chi connectivity index (χ2v) is 4.79. The molecule has 0 heterocycles. The predicted molar refractivity (Wildman–Crippen MR) is 69.3 cm³/mol. The van der Waals surface area contributed by atoms with Gasteiger partial charge in [-0.15, -0.1) is 0 Å². The SMILES string of the molecule is COc1ccc(N)cc1NC(=O)NC(C)(C)C. The maximum absolute atomic E-state index is 11.7. The number of urea groups is 1. The lowest BCUT2D eigenvalue weighted by Crippen LogP contribution is -2.43. The summed E-state index contributed by atoms with van der Waals surface area (Å²) in [7, 11) is 1.54. The average molecular weight is 237 g/mol. The molecule has 5 nitrogen and oxygen atoms in total. The average Bonchev–Trinajstić information content (AvgIpc) is 2.14. The Bertz CT molecular complexity index is 411. The molecular formula is C12H19N3O2. The minimum Gasteiger partial charge on any atom is -0.495 e. The first-order valence-electron chi connectivity index (χ1n) is 5.34. The van der Waals surface area contributed by atoms with Gasteiger partial charge >= 0.3 is 6.03 Å². The van der Waals surface area contributed by atoms with Crippen molar-refractivity contribution in [2.45, 2.75) is 26.3 Å². The van der Waals surface area contributed by atoms with Crippen LogP contribution in [0.4, 0.5) is 16.2 Å². The highest BCUT2D eigenvalue weighted by Gasteiger charge is 2.15. The van der Waals surface area contributed by atoms with Gasteiger partial charge in [0.05, 0.1) is 12.8 Å². The summed E-state index contributed by atoms with van der Waals surface area (Å²) in [6.07, 6.45) is 0. The maximum Gasteiger partial charge on any atom is 0.319 e. The molecule has 0 unspecified atom stereocenters. The van der Waals surface area contributed by atoms with Crippen LogP contribution in [-0.2, 0) is 0 Å². The van der Waals surface area contributed by atoms with E-state index in [4.69, 9.17) is 10.5 Å². The van der Waals surface area contributed by atoms with Crippen molar-refractivity contribution >= 4 is 17.4 Å². The number of ether oxygens (including phenoxy) is 1. The Labute approximate surface area is 101 Å². The van der Waals surface area contributed by atoms with Crippen LogP contribution in [0.25, 0.3) is 0 Å². The fourth-order valence-corrected chi connectivity index (χ4v) is 1.32. The van der Waals surface area contributed by atoms with Crippen LogP contribution >= 0.6 is 0 Å². The van der Waals surface area contributed by atoms with Crippen LogP contribution in [0.15, 0.2) is 18.2 Å². The Morgan fingerprint density at radius 3 is 2.53 bits per heavy atom. The van der Waals surface area contributed by atoms with Crippen molar-refractivity contribution in [3.05, 3.63) is 18.2 Å². The summed E-state index contributed by atoms with van der Waals surface area (Å²) in [6, 6.07) is 4.79. The van der Waals surface area contributed by atoms with Gasteiger partial charge in [-0.1, -0.05) is 0 Å². The minimum absolute atomic E-state index is 0.290. The summed E-state index contributed by atoms with van der Waals surface area (Å²) in [5, 5.41) is 5.50. The Morgan fingerprint density at radius 1 is 1.35 bits per heavy atom. The van der Waals surface area contributed by atoms with Gasteiger partial charge in [0.2, 0.25) is 0 Å². The third kappa shape index (κ3) is 4.22. The van der Waals surface area contributed by atoms with Crippen LogP contribution in [0.1, 0.15) is 20.8 Å². The molecule has 17 heavy (non-hydrogen) atoms. The molecule has 0 aliphatic rings. The van der Waals surface area contributed by atoms with Crippen LogP contribution in [0.2, 0.25) is 0 Å². The van der Waals surface area contributed by atoms with E-state index in [0.29, 0.717) is 17.1 Å². The van der Waals surface area contributed by atoms with Crippen LogP contribution in [0.3, 0.4) is 0 Å². The molecule has 1 rings (SSSR count). The van der Waals surface area contributed by atoms with Crippen LogP contribution in [-0.4, -0.2) is 18.7 Å². The monoisotopic (exact) mass is 237 g/mol. The lowest BCUT2D eigenvalue weighted by atomic mass is 10.1. The molecule has 0 aromatic heterocycles. The molecule has 0 radical (unpaired) electrons. The summed E-state index contributed by atoms with van der Waals surface area (Å²) in [5.74, 6) is 0.572. The lowest BCUT2D eigenvalue weighted by molar-refractivity contribution is 0.243. The molecule has 0 atom stereocenters. The molecule has 0 aliphatic heterocycles. The van der Waals surface area contributed by atoms with Gasteiger partial charge in [-0.3, -0.25) is 0 Å². The number of anilines is 2. The third-order valence-electron chi connectivity index (χ3n) is 1.96. The van der Waals surface area contributed by atoms with E-state index in [9.17, 15) is 4.79 Å². The molecule has 2 amide bonds. The molecule has 0 aliphatic carbocycles. The summed E-state index contributed by atoms with van der Waals surface area (Å²) < 4.78 is 5.13. The summed E-state index contributed by atoms with van der Waals surface area (Å²) in [6.45, 7) is 5.72. The van der Waals surface area contributed by atoms with Crippen molar-refractivity contribution in [3.63, 3.8) is 0 Å². The highest BCUT2D eigenvalue weighted by molar-refractivity contribution is 5.92. The first kappa shape index (κ1) is 13.2.